The second-order valence-electron chi connectivity index (χ2n) is 5.73. The summed E-state index contributed by atoms with van der Waals surface area (Å²) >= 11 is 1.95. The van der Waals surface area contributed by atoms with Gasteiger partial charge < -0.3 is 14.9 Å². The van der Waals surface area contributed by atoms with Gasteiger partial charge in [0.2, 0.25) is 0 Å². The number of aliphatic carboxylic acids is 1. The van der Waals surface area contributed by atoms with Crippen molar-refractivity contribution in [2.45, 2.75) is 44.4 Å². The van der Waals surface area contributed by atoms with Gasteiger partial charge in [-0.3, -0.25) is 4.79 Å². The second-order valence-corrected chi connectivity index (χ2v) is 7.14. The number of amides is 2. The molecule has 1 N–H and O–H groups in total. The maximum Gasteiger partial charge on any atom is 0.320 e. The van der Waals surface area contributed by atoms with Crippen LogP contribution in [0.5, 0.6) is 0 Å². The molecule has 3 atom stereocenters. The average Bonchev–Trinajstić information content (AvgIpc) is 2.46. The number of likely N-dealkylation sites (tertiary alicyclic amines) is 1. The van der Waals surface area contributed by atoms with Gasteiger partial charge in [-0.2, -0.15) is 11.8 Å². The maximum atomic E-state index is 12.6. The Morgan fingerprint density at radius 1 is 1.35 bits per heavy atom. The van der Waals surface area contributed by atoms with Crippen molar-refractivity contribution in [3.05, 3.63) is 0 Å². The van der Waals surface area contributed by atoms with E-state index in [0.29, 0.717) is 24.6 Å². The van der Waals surface area contributed by atoms with Crippen LogP contribution in [0.3, 0.4) is 0 Å². The molecule has 20 heavy (non-hydrogen) atoms. The van der Waals surface area contributed by atoms with Gasteiger partial charge in [-0.15, -0.1) is 0 Å². The molecular weight excluding hydrogens is 276 g/mol. The number of rotatable bonds is 2. The third kappa shape index (κ3) is 3.40. The van der Waals surface area contributed by atoms with Crippen molar-refractivity contribution in [1.29, 1.82) is 0 Å². The summed E-state index contributed by atoms with van der Waals surface area (Å²) in [5.74, 6) is -0.0248. The van der Waals surface area contributed by atoms with Gasteiger partial charge in [-0.1, -0.05) is 6.92 Å². The van der Waals surface area contributed by atoms with E-state index < -0.39 is 5.97 Å². The first-order chi connectivity index (χ1) is 9.52. The molecule has 0 aliphatic carbocycles. The average molecular weight is 300 g/mol. The summed E-state index contributed by atoms with van der Waals surface area (Å²) in [5, 5.41) is 9.62. The highest BCUT2D eigenvalue weighted by molar-refractivity contribution is 8.00. The van der Waals surface area contributed by atoms with Crippen LogP contribution < -0.4 is 0 Å². The quantitative estimate of drug-likeness (QED) is 0.848. The Morgan fingerprint density at radius 3 is 2.70 bits per heavy atom. The molecule has 0 aromatic carbocycles. The summed E-state index contributed by atoms with van der Waals surface area (Å²) in [4.78, 5) is 27.5. The fourth-order valence-electron chi connectivity index (χ4n) is 3.00. The lowest BCUT2D eigenvalue weighted by Crippen LogP contribution is -2.54. The van der Waals surface area contributed by atoms with Gasteiger partial charge in [0.1, 0.15) is 0 Å². The van der Waals surface area contributed by atoms with Crippen molar-refractivity contribution in [2.75, 3.05) is 25.4 Å². The van der Waals surface area contributed by atoms with Crippen LogP contribution in [-0.2, 0) is 4.79 Å². The number of carbonyl (C=O) groups excluding carboxylic acids is 1. The van der Waals surface area contributed by atoms with E-state index >= 15 is 0 Å². The summed E-state index contributed by atoms with van der Waals surface area (Å²) in [5.41, 5.74) is 0. The SMILES string of the molecule is CCC1CN(C(=O)N2CCC(C(=O)O)CC2C)CCS1. The van der Waals surface area contributed by atoms with Gasteiger partial charge in [0.25, 0.3) is 0 Å². The zero-order valence-corrected chi connectivity index (χ0v) is 13.1. The Morgan fingerprint density at radius 2 is 2.10 bits per heavy atom. The van der Waals surface area contributed by atoms with Crippen LogP contribution in [-0.4, -0.2) is 63.6 Å². The molecule has 6 heteroatoms. The van der Waals surface area contributed by atoms with E-state index in [1.165, 1.54) is 0 Å². The highest BCUT2D eigenvalue weighted by Crippen LogP contribution is 2.26. The number of hydrogen-bond acceptors (Lipinski definition) is 3. The third-order valence-corrected chi connectivity index (χ3v) is 5.71. The minimum Gasteiger partial charge on any atom is -0.481 e. The molecule has 2 saturated heterocycles. The highest BCUT2D eigenvalue weighted by atomic mass is 32.2. The van der Waals surface area contributed by atoms with Gasteiger partial charge in [0, 0.05) is 36.7 Å². The number of piperidine rings is 1. The Balaban J connectivity index is 1.94. The number of hydrogen-bond donors (Lipinski definition) is 1. The van der Waals surface area contributed by atoms with Crippen molar-refractivity contribution < 1.29 is 14.7 Å². The number of nitrogens with zero attached hydrogens (tertiary/aromatic N) is 2. The van der Waals surface area contributed by atoms with E-state index in [1.807, 2.05) is 28.5 Å². The van der Waals surface area contributed by atoms with E-state index in [0.717, 1.165) is 25.3 Å². The first kappa shape index (κ1) is 15.5. The topological polar surface area (TPSA) is 60.9 Å². The molecule has 5 nitrogen and oxygen atoms in total. The van der Waals surface area contributed by atoms with Crippen LogP contribution in [0.25, 0.3) is 0 Å². The number of thioether (sulfide) groups is 1. The largest absolute Gasteiger partial charge is 0.481 e. The number of carboxylic acids is 1. The molecule has 0 spiro atoms. The van der Waals surface area contributed by atoms with Crippen molar-refractivity contribution >= 4 is 23.8 Å². The van der Waals surface area contributed by atoms with Crippen LogP contribution in [0.2, 0.25) is 0 Å². The smallest absolute Gasteiger partial charge is 0.320 e. The normalized spacial score (nSPS) is 31.2. The molecule has 2 fully saturated rings. The van der Waals surface area contributed by atoms with E-state index in [-0.39, 0.29) is 18.0 Å². The lowest BCUT2D eigenvalue weighted by molar-refractivity contribution is -0.143. The predicted octanol–water partition coefficient (Wildman–Crippen LogP) is 2.12. The zero-order valence-electron chi connectivity index (χ0n) is 12.2. The Labute approximate surface area is 124 Å². The van der Waals surface area contributed by atoms with Crippen LogP contribution >= 0.6 is 11.8 Å². The fraction of sp³-hybridized carbons (Fsp3) is 0.857. The summed E-state index contributed by atoms with van der Waals surface area (Å²) in [6.45, 7) is 6.32. The van der Waals surface area contributed by atoms with Gasteiger partial charge in [0.05, 0.1) is 5.92 Å². The molecule has 0 aromatic rings. The first-order valence-corrected chi connectivity index (χ1v) is 8.47. The lowest BCUT2D eigenvalue weighted by Gasteiger charge is -2.41. The molecule has 2 heterocycles. The maximum absolute atomic E-state index is 12.6. The van der Waals surface area contributed by atoms with Crippen LogP contribution in [0, 0.1) is 5.92 Å². The number of carbonyl (C=O) groups is 2. The molecule has 0 aromatic heterocycles. The molecule has 2 amide bonds. The number of carboxylic acid groups (broad SMARTS) is 1. The van der Waals surface area contributed by atoms with Crippen LogP contribution in [0.1, 0.15) is 33.1 Å². The fourth-order valence-corrected chi connectivity index (χ4v) is 4.18. The zero-order chi connectivity index (χ0) is 14.7. The molecule has 3 unspecified atom stereocenters. The first-order valence-electron chi connectivity index (χ1n) is 7.42. The van der Waals surface area contributed by atoms with Crippen molar-refractivity contribution in [3.8, 4) is 0 Å². The molecule has 0 saturated carbocycles. The molecule has 0 radical (unpaired) electrons. The minimum absolute atomic E-state index is 0.0204. The van der Waals surface area contributed by atoms with Crippen molar-refractivity contribution in [2.24, 2.45) is 5.92 Å². The second kappa shape index (κ2) is 6.70. The van der Waals surface area contributed by atoms with Gasteiger partial charge in [0.15, 0.2) is 0 Å². The highest BCUT2D eigenvalue weighted by Gasteiger charge is 2.35. The van der Waals surface area contributed by atoms with Crippen LogP contribution in [0.4, 0.5) is 4.79 Å². The number of urea groups is 1. The Kier molecular flexibility index (Phi) is 5.18. The molecule has 114 valence electrons. The summed E-state index contributed by atoms with van der Waals surface area (Å²) < 4.78 is 0. The monoisotopic (exact) mass is 300 g/mol. The summed E-state index contributed by atoms with van der Waals surface area (Å²) in [6, 6.07) is 0.118. The minimum atomic E-state index is -0.732. The molecule has 2 aliphatic heterocycles. The third-order valence-electron chi connectivity index (χ3n) is 4.34. The van der Waals surface area contributed by atoms with Crippen molar-refractivity contribution in [3.63, 3.8) is 0 Å². The van der Waals surface area contributed by atoms with E-state index in [2.05, 4.69) is 6.92 Å². The Hall–Kier alpha value is -0.910. The summed E-state index contributed by atoms with van der Waals surface area (Å²) in [7, 11) is 0. The van der Waals surface area contributed by atoms with Gasteiger partial charge >= 0.3 is 12.0 Å². The Bertz CT molecular complexity index is 377. The molecule has 2 rings (SSSR count). The van der Waals surface area contributed by atoms with E-state index in [9.17, 15) is 9.59 Å². The van der Waals surface area contributed by atoms with E-state index in [4.69, 9.17) is 5.11 Å². The predicted molar refractivity (Wildman–Crippen MR) is 80.0 cm³/mol. The van der Waals surface area contributed by atoms with E-state index in [1.54, 1.807) is 0 Å². The van der Waals surface area contributed by atoms with Crippen molar-refractivity contribution in [1.82, 2.24) is 9.80 Å². The molecule has 0 bridgehead atoms. The standard InChI is InChI=1S/C14H24N2O3S/c1-3-12-9-15(6-7-20-12)14(19)16-5-4-11(13(17)18)8-10(16)2/h10-12H,3-9H2,1-2H3,(H,17,18). The van der Waals surface area contributed by atoms with Gasteiger partial charge in [-0.25, -0.2) is 4.79 Å². The van der Waals surface area contributed by atoms with Crippen LogP contribution in [0.15, 0.2) is 0 Å². The lowest BCUT2D eigenvalue weighted by atomic mass is 9.92. The summed E-state index contributed by atoms with van der Waals surface area (Å²) in [6.07, 6.45) is 2.23. The molecule has 2 aliphatic rings. The molecular formula is C14H24N2O3S. The van der Waals surface area contributed by atoms with Gasteiger partial charge in [-0.05, 0) is 26.2 Å².